The highest BCUT2D eigenvalue weighted by Crippen LogP contribution is 2.41. The number of ether oxygens (including phenoxy) is 1. The van der Waals surface area contributed by atoms with Gasteiger partial charge in [0, 0.05) is 61.2 Å². The first-order valence-electron chi connectivity index (χ1n) is 11.7. The second kappa shape index (κ2) is 8.27. The summed E-state index contributed by atoms with van der Waals surface area (Å²) >= 11 is 0. The lowest BCUT2D eigenvalue weighted by Crippen LogP contribution is -2.27. The molecule has 0 atom stereocenters. The minimum atomic E-state index is -0.469. The third-order valence-corrected chi connectivity index (χ3v) is 6.72. The normalized spacial score (nSPS) is 16.1. The van der Waals surface area contributed by atoms with Gasteiger partial charge in [0.15, 0.2) is 5.76 Å². The molecule has 0 saturated carbocycles. The SMILES string of the molecule is Cn1cc(C=C2Oc3cc(O)cc(O)c3C2=O)c2c(-c3cccc(C(=O)N4CCCC4)c3)ccnc21. The van der Waals surface area contributed by atoms with Gasteiger partial charge in [-0.2, -0.15) is 0 Å². The van der Waals surface area contributed by atoms with Gasteiger partial charge in [0.05, 0.1) is 0 Å². The van der Waals surface area contributed by atoms with Crippen LogP contribution < -0.4 is 4.74 Å². The van der Waals surface area contributed by atoms with Crippen molar-refractivity contribution in [2.75, 3.05) is 13.1 Å². The van der Waals surface area contributed by atoms with Crippen LogP contribution >= 0.6 is 0 Å². The van der Waals surface area contributed by atoms with Gasteiger partial charge >= 0.3 is 0 Å². The number of phenolic OH excluding ortho intramolecular Hbond substituents is 2. The van der Waals surface area contributed by atoms with Crippen LogP contribution in [0.15, 0.2) is 60.6 Å². The Morgan fingerprint density at radius 1 is 1.11 bits per heavy atom. The zero-order valence-corrected chi connectivity index (χ0v) is 19.6. The third kappa shape index (κ3) is 3.50. The largest absolute Gasteiger partial charge is 0.508 e. The van der Waals surface area contributed by atoms with Crippen molar-refractivity contribution < 1.29 is 24.5 Å². The predicted molar refractivity (Wildman–Crippen MR) is 134 cm³/mol. The van der Waals surface area contributed by atoms with Crippen LogP contribution in [0.1, 0.15) is 39.1 Å². The molecule has 2 aromatic carbocycles. The number of nitrogens with zero attached hydrogens (tertiary/aromatic N) is 3. The van der Waals surface area contributed by atoms with Crippen LogP contribution in [0, 0.1) is 0 Å². The van der Waals surface area contributed by atoms with Crippen molar-refractivity contribution in [2.45, 2.75) is 12.8 Å². The van der Waals surface area contributed by atoms with E-state index in [-0.39, 0.29) is 34.5 Å². The van der Waals surface area contributed by atoms with Gasteiger partial charge < -0.3 is 24.4 Å². The lowest BCUT2D eigenvalue weighted by molar-refractivity contribution is 0.0792. The summed E-state index contributed by atoms with van der Waals surface area (Å²) in [6.07, 6.45) is 7.24. The van der Waals surface area contributed by atoms with Gasteiger partial charge in [-0.25, -0.2) is 4.98 Å². The maximum atomic E-state index is 13.0. The van der Waals surface area contributed by atoms with Gasteiger partial charge in [-0.3, -0.25) is 9.59 Å². The van der Waals surface area contributed by atoms with Gasteiger partial charge in [-0.15, -0.1) is 0 Å². The van der Waals surface area contributed by atoms with Gasteiger partial charge in [-0.05, 0) is 48.2 Å². The number of aromatic hydroxyl groups is 2. The Kier molecular flexibility index (Phi) is 5.03. The Hall–Kier alpha value is -4.59. The first kappa shape index (κ1) is 21.9. The molecule has 0 unspecified atom stereocenters. The molecule has 1 fully saturated rings. The zero-order valence-electron chi connectivity index (χ0n) is 19.6. The molecule has 6 rings (SSSR count). The summed E-state index contributed by atoms with van der Waals surface area (Å²) in [5.41, 5.74) is 3.79. The minimum absolute atomic E-state index is 0.0192. The molecule has 4 aromatic rings. The van der Waals surface area contributed by atoms with E-state index in [2.05, 4.69) is 4.98 Å². The molecule has 8 nitrogen and oxygen atoms in total. The van der Waals surface area contributed by atoms with Crippen molar-refractivity contribution in [1.82, 2.24) is 14.5 Å². The van der Waals surface area contributed by atoms with Crippen molar-refractivity contribution in [1.29, 1.82) is 0 Å². The molecule has 0 radical (unpaired) electrons. The molecule has 1 saturated heterocycles. The lowest BCUT2D eigenvalue weighted by Gasteiger charge is -2.16. The molecule has 0 bridgehead atoms. The molecular formula is C28H23N3O5. The summed E-state index contributed by atoms with van der Waals surface area (Å²) in [6, 6.07) is 11.9. The van der Waals surface area contributed by atoms with Crippen LogP contribution in [0.4, 0.5) is 0 Å². The fourth-order valence-corrected chi connectivity index (χ4v) is 5.03. The molecule has 1 amide bonds. The Morgan fingerprint density at radius 2 is 1.92 bits per heavy atom. The van der Waals surface area contributed by atoms with Crippen molar-refractivity contribution >= 4 is 28.8 Å². The number of carbonyl (C=O) groups is 2. The first-order chi connectivity index (χ1) is 17.4. The predicted octanol–water partition coefficient (Wildman–Crippen LogP) is 4.50. The number of allylic oxidation sites excluding steroid dienone is 1. The fraction of sp³-hybridized carbons (Fsp3) is 0.179. The maximum absolute atomic E-state index is 13.0. The highest BCUT2D eigenvalue weighted by atomic mass is 16.5. The number of phenols is 2. The minimum Gasteiger partial charge on any atom is -0.508 e. The van der Waals surface area contributed by atoms with Crippen LogP contribution in [-0.2, 0) is 7.05 Å². The number of aromatic nitrogens is 2. The molecule has 4 heterocycles. The van der Waals surface area contributed by atoms with Gasteiger partial charge in [-0.1, -0.05) is 12.1 Å². The fourth-order valence-electron chi connectivity index (χ4n) is 5.03. The van der Waals surface area contributed by atoms with Gasteiger partial charge in [0.1, 0.15) is 28.5 Å². The molecular weight excluding hydrogens is 458 g/mol. The van der Waals surface area contributed by atoms with Crippen molar-refractivity contribution in [3.63, 3.8) is 0 Å². The molecule has 36 heavy (non-hydrogen) atoms. The van der Waals surface area contributed by atoms with Crippen LogP contribution in [0.25, 0.3) is 28.2 Å². The number of amides is 1. The monoisotopic (exact) mass is 481 g/mol. The number of fused-ring (bicyclic) bond motifs is 2. The average molecular weight is 482 g/mol. The molecule has 8 heteroatoms. The molecule has 2 N–H and O–H groups in total. The van der Waals surface area contributed by atoms with E-state index < -0.39 is 5.78 Å². The summed E-state index contributed by atoms with van der Waals surface area (Å²) in [7, 11) is 1.87. The van der Waals surface area contributed by atoms with E-state index in [1.54, 1.807) is 12.3 Å². The number of benzene rings is 2. The van der Waals surface area contributed by atoms with Crippen LogP contribution in [-0.4, -0.2) is 49.4 Å². The molecule has 2 aliphatic rings. The standard InChI is InChI=1S/C28H23N3O5/c1-30-15-18(12-23-26(34)25-21(33)13-19(32)14-22(25)36-23)24-20(7-8-29-27(24)30)16-5-4-6-17(11-16)28(35)31-9-2-3-10-31/h4-8,11-15,32-33H,2-3,9-10H2,1H3. The molecule has 180 valence electrons. The highest BCUT2D eigenvalue weighted by Gasteiger charge is 2.32. The maximum Gasteiger partial charge on any atom is 0.253 e. The van der Waals surface area contributed by atoms with E-state index in [9.17, 15) is 19.8 Å². The quantitative estimate of drug-likeness (QED) is 0.418. The Balaban J connectivity index is 1.45. The second-order valence-corrected chi connectivity index (χ2v) is 9.11. The lowest BCUT2D eigenvalue weighted by atomic mass is 9.98. The van der Waals surface area contributed by atoms with Crippen molar-refractivity contribution in [2.24, 2.45) is 7.05 Å². The highest BCUT2D eigenvalue weighted by molar-refractivity contribution is 6.17. The number of pyridine rings is 1. The summed E-state index contributed by atoms with van der Waals surface area (Å²) in [5, 5.41) is 20.7. The summed E-state index contributed by atoms with van der Waals surface area (Å²) < 4.78 is 7.57. The van der Waals surface area contributed by atoms with Crippen LogP contribution in [0.5, 0.6) is 17.2 Å². The number of carbonyl (C=O) groups excluding carboxylic acids is 2. The van der Waals surface area contributed by atoms with E-state index in [4.69, 9.17) is 4.74 Å². The first-order valence-corrected chi connectivity index (χ1v) is 11.7. The Labute approximate surface area is 206 Å². The number of hydrogen-bond donors (Lipinski definition) is 2. The van der Waals surface area contributed by atoms with E-state index in [0.717, 1.165) is 48.5 Å². The molecule has 2 aromatic heterocycles. The van der Waals surface area contributed by atoms with Crippen LogP contribution in [0.3, 0.4) is 0 Å². The number of aryl methyl sites for hydroxylation is 1. The Bertz CT molecular complexity index is 1590. The number of likely N-dealkylation sites (tertiary alicyclic amines) is 1. The number of rotatable bonds is 3. The zero-order chi connectivity index (χ0) is 25.0. The van der Waals surface area contributed by atoms with E-state index in [1.807, 2.05) is 53.0 Å². The molecule has 2 aliphatic heterocycles. The number of Topliss-reactive ketones (excluding diaryl/α,β-unsaturated/α-hetero) is 1. The molecule has 0 aliphatic carbocycles. The van der Waals surface area contributed by atoms with Gasteiger partial charge in [0.25, 0.3) is 5.91 Å². The second-order valence-electron chi connectivity index (χ2n) is 9.11. The average Bonchev–Trinajstić information content (AvgIpc) is 3.58. The third-order valence-electron chi connectivity index (χ3n) is 6.72. The van der Waals surface area contributed by atoms with Crippen LogP contribution in [0.2, 0.25) is 0 Å². The van der Waals surface area contributed by atoms with Gasteiger partial charge in [0.2, 0.25) is 5.78 Å². The summed E-state index contributed by atoms with van der Waals surface area (Å²) in [5.74, 6) is -0.830. The summed E-state index contributed by atoms with van der Waals surface area (Å²) in [4.78, 5) is 32.4. The Morgan fingerprint density at radius 3 is 2.72 bits per heavy atom. The van der Waals surface area contributed by atoms with E-state index in [1.165, 1.54) is 6.07 Å². The van der Waals surface area contributed by atoms with E-state index in [0.29, 0.717) is 16.8 Å². The topological polar surface area (TPSA) is 105 Å². The number of ketones is 1. The van der Waals surface area contributed by atoms with E-state index >= 15 is 0 Å². The number of hydrogen-bond acceptors (Lipinski definition) is 6. The van der Waals surface area contributed by atoms with Crippen molar-refractivity contribution in [3.05, 3.63) is 77.3 Å². The smallest absolute Gasteiger partial charge is 0.253 e. The molecule has 0 spiro atoms. The van der Waals surface area contributed by atoms with Crippen molar-refractivity contribution in [3.8, 4) is 28.4 Å². The summed E-state index contributed by atoms with van der Waals surface area (Å²) in [6.45, 7) is 1.56.